The summed E-state index contributed by atoms with van der Waals surface area (Å²) in [4.78, 5) is 13.9. The summed E-state index contributed by atoms with van der Waals surface area (Å²) in [5, 5.41) is 3.69. The Hall–Kier alpha value is -3.47. The number of likely N-dealkylation sites (N-methyl/N-ethyl adjacent to an activating group) is 1. The molecular formula is C25H31F3N6O2. The monoisotopic (exact) mass is 504 g/mol. The predicted octanol–water partition coefficient (Wildman–Crippen LogP) is 4.91. The zero-order valence-electron chi connectivity index (χ0n) is 20.8. The van der Waals surface area contributed by atoms with Crippen LogP contribution < -0.4 is 25.4 Å². The van der Waals surface area contributed by atoms with Crippen LogP contribution in [-0.4, -0.2) is 61.3 Å². The number of nitrogens with two attached hydrogens (primary N) is 1. The van der Waals surface area contributed by atoms with Crippen molar-refractivity contribution >= 4 is 34.0 Å². The van der Waals surface area contributed by atoms with Crippen LogP contribution in [0.4, 0.5) is 36.3 Å². The van der Waals surface area contributed by atoms with Crippen LogP contribution in [0.2, 0.25) is 0 Å². The zero-order valence-corrected chi connectivity index (χ0v) is 20.8. The minimum absolute atomic E-state index is 0.0126. The first kappa shape index (κ1) is 25.6. The Kier molecular flexibility index (Phi) is 7.30. The van der Waals surface area contributed by atoms with Crippen molar-refractivity contribution in [1.82, 2.24) is 14.9 Å². The van der Waals surface area contributed by atoms with E-state index in [9.17, 15) is 13.2 Å². The van der Waals surface area contributed by atoms with Crippen LogP contribution in [0.1, 0.15) is 25.8 Å². The molecule has 1 aliphatic heterocycles. The van der Waals surface area contributed by atoms with Gasteiger partial charge in [0, 0.05) is 42.0 Å². The Morgan fingerprint density at radius 1 is 1.06 bits per heavy atom. The number of halogens is 3. The number of aromatic nitrogens is 2. The Labute approximate surface area is 208 Å². The fourth-order valence-corrected chi connectivity index (χ4v) is 4.73. The van der Waals surface area contributed by atoms with E-state index in [2.05, 4.69) is 33.9 Å². The van der Waals surface area contributed by atoms with E-state index in [1.165, 1.54) is 13.2 Å². The van der Waals surface area contributed by atoms with E-state index in [1.54, 1.807) is 13.2 Å². The Balaban J connectivity index is 1.79. The van der Waals surface area contributed by atoms with Crippen molar-refractivity contribution in [3.8, 4) is 11.5 Å². The lowest BCUT2D eigenvalue weighted by atomic mass is 10.1. The normalized spacial score (nSPS) is 16.1. The smallest absolute Gasteiger partial charge is 0.416 e. The number of hydrogen-bond acceptors (Lipinski definition) is 8. The molecule has 0 saturated carbocycles. The van der Waals surface area contributed by atoms with Crippen molar-refractivity contribution in [1.29, 1.82) is 0 Å². The quantitative estimate of drug-likeness (QED) is 0.419. The van der Waals surface area contributed by atoms with Gasteiger partial charge in [0.05, 0.1) is 25.3 Å². The largest absolute Gasteiger partial charge is 0.493 e. The summed E-state index contributed by atoms with van der Waals surface area (Å²) < 4.78 is 50.9. The van der Waals surface area contributed by atoms with Crippen LogP contribution in [0, 0.1) is 0 Å². The number of methoxy groups -OCH3 is 2. The first-order valence-electron chi connectivity index (χ1n) is 11.8. The molecule has 4 rings (SSSR count). The molecule has 8 nitrogen and oxygen atoms in total. The predicted molar refractivity (Wildman–Crippen MR) is 135 cm³/mol. The number of rotatable bonds is 8. The maximum absolute atomic E-state index is 13.3. The topological polar surface area (TPSA) is 88.8 Å². The third kappa shape index (κ3) is 5.20. The maximum Gasteiger partial charge on any atom is 0.416 e. The van der Waals surface area contributed by atoms with Gasteiger partial charge in [-0.05, 0) is 43.8 Å². The Bertz CT molecular complexity index is 1230. The summed E-state index contributed by atoms with van der Waals surface area (Å²) >= 11 is 0. The minimum Gasteiger partial charge on any atom is -0.493 e. The molecule has 1 aliphatic rings. The average Bonchev–Trinajstić information content (AvgIpc) is 3.32. The summed E-state index contributed by atoms with van der Waals surface area (Å²) in [6.45, 7) is 7.76. The number of alkyl halides is 3. The van der Waals surface area contributed by atoms with Crippen LogP contribution in [0.5, 0.6) is 11.5 Å². The van der Waals surface area contributed by atoms with Gasteiger partial charge in [-0.3, -0.25) is 4.90 Å². The van der Waals surface area contributed by atoms with Gasteiger partial charge in [-0.2, -0.15) is 18.2 Å². The summed E-state index contributed by atoms with van der Waals surface area (Å²) in [6, 6.07) is 7.26. The average molecular weight is 505 g/mol. The number of nitrogens with zero attached hydrogens (tertiary/aromatic N) is 4. The van der Waals surface area contributed by atoms with Gasteiger partial charge in [0.25, 0.3) is 0 Å². The Morgan fingerprint density at radius 3 is 2.39 bits per heavy atom. The lowest BCUT2D eigenvalue weighted by molar-refractivity contribution is -0.137. The third-order valence-electron chi connectivity index (χ3n) is 6.51. The molecule has 2 heterocycles. The van der Waals surface area contributed by atoms with E-state index in [-0.39, 0.29) is 17.3 Å². The highest BCUT2D eigenvalue weighted by Crippen LogP contribution is 2.38. The van der Waals surface area contributed by atoms with E-state index in [4.69, 9.17) is 20.2 Å². The van der Waals surface area contributed by atoms with Crippen molar-refractivity contribution < 1.29 is 22.6 Å². The number of ether oxygens (including phenoxy) is 2. The van der Waals surface area contributed by atoms with Gasteiger partial charge in [0.15, 0.2) is 11.5 Å². The van der Waals surface area contributed by atoms with E-state index >= 15 is 0 Å². The molecule has 1 saturated heterocycles. The summed E-state index contributed by atoms with van der Waals surface area (Å²) in [5.74, 6) is 1.87. The minimum atomic E-state index is -4.53. The Morgan fingerprint density at radius 2 is 1.75 bits per heavy atom. The molecule has 2 aromatic carbocycles. The molecule has 1 aromatic heterocycles. The summed E-state index contributed by atoms with van der Waals surface area (Å²) in [6.07, 6.45) is -3.55. The lowest BCUT2D eigenvalue weighted by Crippen LogP contribution is -2.37. The number of nitrogens with one attached hydrogen (secondary N) is 1. The summed E-state index contributed by atoms with van der Waals surface area (Å²) in [5.41, 5.74) is 5.61. The van der Waals surface area contributed by atoms with Crippen molar-refractivity contribution in [2.24, 2.45) is 0 Å². The molecule has 36 heavy (non-hydrogen) atoms. The molecule has 0 aliphatic carbocycles. The van der Waals surface area contributed by atoms with Gasteiger partial charge in [-0.1, -0.05) is 13.8 Å². The highest BCUT2D eigenvalue weighted by molar-refractivity contribution is 5.93. The van der Waals surface area contributed by atoms with Crippen LogP contribution in [-0.2, 0) is 6.18 Å². The van der Waals surface area contributed by atoms with Crippen LogP contribution in [0.3, 0.4) is 0 Å². The summed E-state index contributed by atoms with van der Waals surface area (Å²) in [7, 11) is 3.09. The molecule has 3 N–H and O–H groups in total. The second-order valence-corrected chi connectivity index (χ2v) is 8.67. The molecule has 194 valence electrons. The number of anilines is 4. The van der Waals surface area contributed by atoms with E-state index in [0.29, 0.717) is 28.9 Å². The third-order valence-corrected chi connectivity index (χ3v) is 6.51. The van der Waals surface area contributed by atoms with Gasteiger partial charge in [-0.15, -0.1) is 0 Å². The molecule has 0 spiro atoms. The molecule has 11 heteroatoms. The number of hydrogen-bond donors (Lipinski definition) is 2. The fourth-order valence-electron chi connectivity index (χ4n) is 4.73. The highest BCUT2D eigenvalue weighted by Gasteiger charge is 2.32. The van der Waals surface area contributed by atoms with E-state index in [0.717, 1.165) is 50.1 Å². The van der Waals surface area contributed by atoms with Crippen molar-refractivity contribution in [3.05, 3.63) is 35.9 Å². The van der Waals surface area contributed by atoms with Gasteiger partial charge in [-0.25, -0.2) is 4.98 Å². The molecular weight excluding hydrogens is 473 g/mol. The van der Waals surface area contributed by atoms with Gasteiger partial charge >= 0.3 is 6.18 Å². The van der Waals surface area contributed by atoms with Crippen LogP contribution >= 0.6 is 0 Å². The first-order chi connectivity index (χ1) is 17.2. The number of fused-ring (bicyclic) bond motifs is 1. The number of benzene rings is 2. The molecule has 1 atom stereocenters. The molecule has 0 bridgehead atoms. The lowest BCUT2D eigenvalue weighted by Gasteiger charge is -2.27. The van der Waals surface area contributed by atoms with Gasteiger partial charge < -0.3 is 25.4 Å². The fraction of sp³-hybridized carbons (Fsp3) is 0.440. The zero-order chi connectivity index (χ0) is 26.0. The molecule has 0 radical (unpaired) electrons. The number of nitrogen functional groups attached to an aromatic ring is 1. The second kappa shape index (κ2) is 10.3. The first-order valence-corrected chi connectivity index (χ1v) is 11.8. The maximum atomic E-state index is 13.3. The van der Waals surface area contributed by atoms with E-state index in [1.807, 2.05) is 6.07 Å². The van der Waals surface area contributed by atoms with E-state index < -0.39 is 11.7 Å². The van der Waals surface area contributed by atoms with Gasteiger partial charge in [0.1, 0.15) is 5.82 Å². The molecule has 0 unspecified atom stereocenters. The van der Waals surface area contributed by atoms with Crippen molar-refractivity contribution in [3.63, 3.8) is 0 Å². The van der Waals surface area contributed by atoms with Crippen LogP contribution in [0.15, 0.2) is 30.3 Å². The van der Waals surface area contributed by atoms with Crippen molar-refractivity contribution in [2.45, 2.75) is 32.5 Å². The molecule has 0 amide bonds. The highest BCUT2D eigenvalue weighted by atomic mass is 19.4. The van der Waals surface area contributed by atoms with Crippen LogP contribution in [0.25, 0.3) is 10.9 Å². The second-order valence-electron chi connectivity index (χ2n) is 8.67. The SMILES string of the molecule is CCN(CC)[C@H]1CCN(c2nc(Nc3cc(N)cc(C(F)(F)F)c3)nc3cc(OC)c(OC)cc23)C1. The standard InChI is InChI=1S/C25H31F3N6O2/c1-5-33(6-2)18-7-8-34(14-18)23-19-12-21(35-3)22(36-4)13-20(19)31-24(32-23)30-17-10-15(25(26,27)28)9-16(29)11-17/h9-13,18H,5-8,14,29H2,1-4H3,(H,30,31,32)/t18-/m0/s1. The van der Waals surface area contributed by atoms with Gasteiger partial charge in [0.2, 0.25) is 5.95 Å². The molecule has 3 aromatic rings. The van der Waals surface area contributed by atoms with Crippen molar-refractivity contribution in [2.75, 3.05) is 56.3 Å². The molecule has 1 fully saturated rings.